The van der Waals surface area contributed by atoms with Crippen molar-refractivity contribution in [1.82, 2.24) is 10.2 Å². The first-order valence-electron chi connectivity index (χ1n) is 6.66. The van der Waals surface area contributed by atoms with Crippen molar-refractivity contribution in [3.05, 3.63) is 0 Å². The summed E-state index contributed by atoms with van der Waals surface area (Å²) in [5, 5.41) is 3.55. The predicted octanol–water partition coefficient (Wildman–Crippen LogP) is 2.12. The fourth-order valence-corrected chi connectivity index (χ4v) is 1.59. The highest BCUT2D eigenvalue weighted by Gasteiger charge is 2.03. The van der Waals surface area contributed by atoms with Gasteiger partial charge in [-0.2, -0.15) is 0 Å². The van der Waals surface area contributed by atoms with Gasteiger partial charge in [-0.3, -0.25) is 0 Å². The van der Waals surface area contributed by atoms with Gasteiger partial charge in [-0.15, -0.1) is 0 Å². The first-order valence-corrected chi connectivity index (χ1v) is 6.66. The molecule has 0 amide bonds. The summed E-state index contributed by atoms with van der Waals surface area (Å²) in [7, 11) is 4.14. The largest absolute Gasteiger partial charge is 0.379 e. The van der Waals surface area contributed by atoms with E-state index in [4.69, 9.17) is 4.74 Å². The number of hydrogen-bond donors (Lipinski definition) is 1. The molecule has 0 saturated carbocycles. The zero-order chi connectivity index (χ0) is 12.2. The highest BCUT2D eigenvalue weighted by molar-refractivity contribution is 4.64. The van der Waals surface area contributed by atoms with Gasteiger partial charge in [0.15, 0.2) is 0 Å². The number of likely N-dealkylation sites (N-methyl/N-ethyl adjacent to an activating group) is 1. The molecule has 0 heterocycles. The van der Waals surface area contributed by atoms with Crippen LogP contribution in [0.15, 0.2) is 0 Å². The Bertz CT molecular complexity index is 140. The maximum Gasteiger partial charge on any atom is 0.0593 e. The van der Waals surface area contributed by atoms with Crippen LogP contribution >= 0.6 is 0 Å². The average molecular weight is 230 g/mol. The van der Waals surface area contributed by atoms with Crippen LogP contribution in [0.3, 0.4) is 0 Å². The third-order valence-electron chi connectivity index (χ3n) is 2.76. The van der Waals surface area contributed by atoms with Gasteiger partial charge in [0, 0.05) is 19.1 Å². The number of hydrogen-bond acceptors (Lipinski definition) is 3. The van der Waals surface area contributed by atoms with Crippen LogP contribution in [0, 0.1) is 0 Å². The van der Waals surface area contributed by atoms with Crippen molar-refractivity contribution >= 4 is 0 Å². The highest BCUT2D eigenvalue weighted by atomic mass is 16.5. The minimum Gasteiger partial charge on any atom is -0.379 e. The smallest absolute Gasteiger partial charge is 0.0593 e. The molecule has 0 radical (unpaired) electrons. The molecule has 0 aromatic carbocycles. The predicted molar refractivity (Wildman–Crippen MR) is 71.0 cm³/mol. The Kier molecular flexibility index (Phi) is 11.3. The van der Waals surface area contributed by atoms with Crippen molar-refractivity contribution in [2.24, 2.45) is 0 Å². The molecule has 3 nitrogen and oxygen atoms in total. The SMILES string of the molecule is CCCCC(CC)NCCOCCN(C)C. The Balaban J connectivity index is 3.27. The third-order valence-corrected chi connectivity index (χ3v) is 2.76. The molecule has 0 aliphatic rings. The summed E-state index contributed by atoms with van der Waals surface area (Å²) in [5.74, 6) is 0. The lowest BCUT2D eigenvalue weighted by molar-refractivity contribution is 0.117. The molecule has 0 rings (SSSR count). The van der Waals surface area contributed by atoms with Gasteiger partial charge in [0.05, 0.1) is 13.2 Å². The second-order valence-corrected chi connectivity index (χ2v) is 4.62. The standard InChI is InChI=1S/C13H30N2O/c1-5-7-8-13(6-2)14-9-11-16-12-10-15(3)4/h13-14H,5-12H2,1-4H3. The van der Waals surface area contributed by atoms with E-state index in [9.17, 15) is 0 Å². The average Bonchev–Trinajstić information content (AvgIpc) is 2.26. The number of nitrogens with zero attached hydrogens (tertiary/aromatic N) is 1. The molecule has 0 aliphatic heterocycles. The molecule has 98 valence electrons. The molecule has 1 unspecified atom stereocenters. The van der Waals surface area contributed by atoms with Crippen molar-refractivity contribution in [2.45, 2.75) is 45.6 Å². The summed E-state index contributed by atoms with van der Waals surface area (Å²) in [6.07, 6.45) is 5.13. The molecule has 0 aromatic heterocycles. The van der Waals surface area contributed by atoms with Crippen molar-refractivity contribution in [3.8, 4) is 0 Å². The Hall–Kier alpha value is -0.120. The summed E-state index contributed by atoms with van der Waals surface area (Å²) < 4.78 is 5.54. The van der Waals surface area contributed by atoms with E-state index in [0.717, 1.165) is 26.3 Å². The van der Waals surface area contributed by atoms with Gasteiger partial charge in [0.1, 0.15) is 0 Å². The highest BCUT2D eigenvalue weighted by Crippen LogP contribution is 2.03. The van der Waals surface area contributed by atoms with Crippen molar-refractivity contribution < 1.29 is 4.74 Å². The summed E-state index contributed by atoms with van der Waals surface area (Å²) in [6.45, 7) is 8.15. The van der Waals surface area contributed by atoms with Crippen LogP contribution in [0.2, 0.25) is 0 Å². The fourth-order valence-electron chi connectivity index (χ4n) is 1.59. The van der Waals surface area contributed by atoms with Crippen molar-refractivity contribution in [3.63, 3.8) is 0 Å². The zero-order valence-corrected chi connectivity index (χ0v) is 11.6. The lowest BCUT2D eigenvalue weighted by atomic mass is 10.1. The van der Waals surface area contributed by atoms with Crippen LogP contribution in [-0.2, 0) is 4.74 Å². The van der Waals surface area contributed by atoms with Gasteiger partial charge in [0.25, 0.3) is 0 Å². The third kappa shape index (κ3) is 10.4. The molecule has 0 saturated heterocycles. The Labute approximate surface area is 102 Å². The topological polar surface area (TPSA) is 24.5 Å². The summed E-state index contributed by atoms with van der Waals surface area (Å²) in [6, 6.07) is 0.678. The molecule has 0 aromatic rings. The summed E-state index contributed by atoms with van der Waals surface area (Å²) in [4.78, 5) is 2.14. The van der Waals surface area contributed by atoms with Crippen LogP contribution < -0.4 is 5.32 Å². The van der Waals surface area contributed by atoms with E-state index < -0.39 is 0 Å². The van der Waals surface area contributed by atoms with Gasteiger partial charge in [-0.25, -0.2) is 0 Å². The Morgan fingerprint density at radius 2 is 1.94 bits per heavy atom. The van der Waals surface area contributed by atoms with Gasteiger partial charge in [-0.1, -0.05) is 26.7 Å². The monoisotopic (exact) mass is 230 g/mol. The molecule has 1 atom stereocenters. The number of ether oxygens (including phenoxy) is 1. The van der Waals surface area contributed by atoms with E-state index in [-0.39, 0.29) is 0 Å². The first-order chi connectivity index (χ1) is 7.70. The van der Waals surface area contributed by atoms with E-state index in [1.54, 1.807) is 0 Å². The second-order valence-electron chi connectivity index (χ2n) is 4.62. The number of unbranched alkanes of at least 4 members (excludes halogenated alkanes) is 1. The maximum absolute atomic E-state index is 5.54. The van der Waals surface area contributed by atoms with E-state index >= 15 is 0 Å². The lowest BCUT2D eigenvalue weighted by Crippen LogP contribution is -2.32. The normalized spacial score (nSPS) is 13.3. The molecular formula is C13H30N2O. The minimum absolute atomic E-state index is 0.678. The number of rotatable bonds is 11. The van der Waals surface area contributed by atoms with Crippen molar-refractivity contribution in [1.29, 1.82) is 0 Å². The van der Waals surface area contributed by atoms with Crippen LogP contribution in [-0.4, -0.2) is 51.3 Å². The number of nitrogens with one attached hydrogen (secondary N) is 1. The van der Waals surface area contributed by atoms with E-state index in [2.05, 4.69) is 38.2 Å². The van der Waals surface area contributed by atoms with E-state index in [1.807, 2.05) is 0 Å². The molecule has 0 bridgehead atoms. The molecule has 0 fully saturated rings. The Morgan fingerprint density at radius 3 is 2.50 bits per heavy atom. The first kappa shape index (κ1) is 15.9. The Morgan fingerprint density at radius 1 is 1.19 bits per heavy atom. The van der Waals surface area contributed by atoms with E-state index in [1.165, 1.54) is 25.7 Å². The molecule has 16 heavy (non-hydrogen) atoms. The van der Waals surface area contributed by atoms with Crippen molar-refractivity contribution in [2.75, 3.05) is 40.4 Å². The quantitative estimate of drug-likeness (QED) is 0.550. The van der Waals surface area contributed by atoms with Gasteiger partial charge >= 0.3 is 0 Å². The van der Waals surface area contributed by atoms with Crippen LogP contribution in [0.25, 0.3) is 0 Å². The molecule has 1 N–H and O–H groups in total. The molecular weight excluding hydrogens is 200 g/mol. The van der Waals surface area contributed by atoms with Crippen LogP contribution in [0.5, 0.6) is 0 Å². The molecule has 0 aliphatic carbocycles. The lowest BCUT2D eigenvalue weighted by Gasteiger charge is -2.16. The van der Waals surface area contributed by atoms with Gasteiger partial charge < -0.3 is 15.0 Å². The molecule has 0 spiro atoms. The van der Waals surface area contributed by atoms with Gasteiger partial charge in [0.2, 0.25) is 0 Å². The fraction of sp³-hybridized carbons (Fsp3) is 1.00. The van der Waals surface area contributed by atoms with Crippen LogP contribution in [0.1, 0.15) is 39.5 Å². The van der Waals surface area contributed by atoms with Gasteiger partial charge in [-0.05, 0) is 26.9 Å². The minimum atomic E-state index is 0.678. The molecule has 3 heteroatoms. The van der Waals surface area contributed by atoms with Crippen LogP contribution in [0.4, 0.5) is 0 Å². The summed E-state index contributed by atoms with van der Waals surface area (Å²) in [5.41, 5.74) is 0. The maximum atomic E-state index is 5.54. The van der Waals surface area contributed by atoms with E-state index in [0.29, 0.717) is 6.04 Å². The second kappa shape index (κ2) is 11.4. The summed E-state index contributed by atoms with van der Waals surface area (Å²) >= 11 is 0. The zero-order valence-electron chi connectivity index (χ0n) is 11.6.